The highest BCUT2D eigenvalue weighted by Gasteiger charge is 2.14. The normalized spacial score (nSPS) is 12.2. The van der Waals surface area contributed by atoms with E-state index in [0.717, 1.165) is 0 Å². The molecule has 0 radical (unpaired) electrons. The summed E-state index contributed by atoms with van der Waals surface area (Å²) in [6, 6.07) is 8.58. The van der Waals surface area contributed by atoms with E-state index in [1.807, 2.05) is 0 Å². The molecule has 2 aromatic carbocycles. The molecule has 2 N–H and O–H groups in total. The van der Waals surface area contributed by atoms with Crippen molar-refractivity contribution >= 4 is 15.9 Å². The molecule has 0 spiro atoms. The Morgan fingerprint density at radius 1 is 1.15 bits per heavy atom. The summed E-state index contributed by atoms with van der Waals surface area (Å²) in [5, 5.41) is 0. The highest BCUT2D eigenvalue weighted by atomic mass is 79.9. The second kappa shape index (κ2) is 6.33. The van der Waals surface area contributed by atoms with Gasteiger partial charge in [-0.1, -0.05) is 22.0 Å². The minimum Gasteiger partial charge on any atom is -0.454 e. The fourth-order valence-corrected chi connectivity index (χ4v) is 2.17. The summed E-state index contributed by atoms with van der Waals surface area (Å²) in [7, 11) is 0. The van der Waals surface area contributed by atoms with E-state index in [-0.39, 0.29) is 17.5 Å². The molecular formula is C15H14BrF2NO. The number of nitrogens with two attached hydrogens (primary N) is 1. The molecule has 1 atom stereocenters. The van der Waals surface area contributed by atoms with Crippen molar-refractivity contribution in [1.29, 1.82) is 0 Å². The fraction of sp³-hybridized carbons (Fsp3) is 0.200. The van der Waals surface area contributed by atoms with E-state index in [4.69, 9.17) is 10.5 Å². The lowest BCUT2D eigenvalue weighted by atomic mass is 10.1. The van der Waals surface area contributed by atoms with Gasteiger partial charge in [-0.05, 0) is 43.7 Å². The molecule has 0 aromatic heterocycles. The van der Waals surface area contributed by atoms with Crippen LogP contribution in [0.25, 0.3) is 0 Å². The van der Waals surface area contributed by atoms with E-state index in [1.54, 1.807) is 19.1 Å². The minimum atomic E-state index is -0.510. The molecule has 0 amide bonds. The largest absolute Gasteiger partial charge is 0.454 e. The quantitative estimate of drug-likeness (QED) is 0.893. The van der Waals surface area contributed by atoms with Crippen molar-refractivity contribution in [1.82, 2.24) is 0 Å². The van der Waals surface area contributed by atoms with Gasteiger partial charge in [0.15, 0.2) is 11.6 Å². The zero-order valence-electron chi connectivity index (χ0n) is 10.9. The Labute approximate surface area is 124 Å². The van der Waals surface area contributed by atoms with Crippen LogP contribution in [0.5, 0.6) is 11.5 Å². The van der Waals surface area contributed by atoms with Gasteiger partial charge in [0.1, 0.15) is 11.6 Å². The Morgan fingerprint density at radius 3 is 2.60 bits per heavy atom. The predicted octanol–water partition coefficient (Wildman–Crippen LogP) is 4.41. The second-order valence-corrected chi connectivity index (χ2v) is 5.49. The molecule has 106 valence electrons. The molecule has 1 unspecified atom stereocenters. The molecule has 0 saturated heterocycles. The van der Waals surface area contributed by atoms with Crippen LogP contribution in [0.3, 0.4) is 0 Å². The van der Waals surface area contributed by atoms with Gasteiger partial charge in [0, 0.05) is 16.1 Å². The van der Waals surface area contributed by atoms with Gasteiger partial charge in [0.05, 0.1) is 0 Å². The highest BCUT2D eigenvalue weighted by Crippen LogP contribution is 2.31. The van der Waals surface area contributed by atoms with Gasteiger partial charge >= 0.3 is 0 Å². The Morgan fingerprint density at radius 2 is 1.90 bits per heavy atom. The van der Waals surface area contributed by atoms with Crippen LogP contribution in [0.4, 0.5) is 8.78 Å². The van der Waals surface area contributed by atoms with Crippen LogP contribution in [0.15, 0.2) is 40.9 Å². The third-order valence-electron chi connectivity index (χ3n) is 2.72. The summed E-state index contributed by atoms with van der Waals surface area (Å²) >= 11 is 3.24. The van der Waals surface area contributed by atoms with Crippen molar-refractivity contribution < 1.29 is 13.5 Å². The molecule has 2 nitrogen and oxygen atoms in total. The second-order valence-electron chi connectivity index (χ2n) is 4.57. The molecule has 0 aliphatic rings. The standard InChI is InChI=1S/C15H14BrF2NO/c1-9(19)7-11-12(17)3-2-4-14(11)20-15-8-10(16)5-6-13(15)18/h2-6,8-9H,7,19H2,1H3. The van der Waals surface area contributed by atoms with Gasteiger partial charge in [-0.25, -0.2) is 8.78 Å². The maximum Gasteiger partial charge on any atom is 0.165 e. The van der Waals surface area contributed by atoms with Gasteiger partial charge < -0.3 is 10.5 Å². The first-order valence-corrected chi connectivity index (χ1v) is 6.92. The molecular weight excluding hydrogens is 328 g/mol. The number of benzene rings is 2. The lowest BCUT2D eigenvalue weighted by Crippen LogP contribution is -2.19. The summed E-state index contributed by atoms with van der Waals surface area (Å²) in [4.78, 5) is 0. The average Bonchev–Trinajstić information content (AvgIpc) is 2.37. The fourth-order valence-electron chi connectivity index (χ4n) is 1.83. The first-order chi connectivity index (χ1) is 9.47. The molecule has 0 aliphatic carbocycles. The molecule has 0 saturated carbocycles. The topological polar surface area (TPSA) is 35.2 Å². The monoisotopic (exact) mass is 341 g/mol. The Hall–Kier alpha value is -1.46. The van der Waals surface area contributed by atoms with Crippen LogP contribution in [0, 0.1) is 11.6 Å². The SMILES string of the molecule is CC(N)Cc1c(F)cccc1Oc1cc(Br)ccc1F. The molecule has 0 heterocycles. The van der Waals surface area contributed by atoms with E-state index in [1.165, 1.54) is 24.3 Å². The summed E-state index contributed by atoms with van der Waals surface area (Å²) in [5.41, 5.74) is 6.05. The van der Waals surface area contributed by atoms with Crippen LogP contribution in [-0.4, -0.2) is 6.04 Å². The van der Waals surface area contributed by atoms with Crippen LogP contribution >= 0.6 is 15.9 Å². The van der Waals surface area contributed by atoms with Gasteiger partial charge in [-0.15, -0.1) is 0 Å². The van der Waals surface area contributed by atoms with E-state index >= 15 is 0 Å². The molecule has 5 heteroatoms. The van der Waals surface area contributed by atoms with E-state index in [9.17, 15) is 8.78 Å². The Balaban J connectivity index is 2.38. The Kier molecular flexibility index (Phi) is 4.73. The molecule has 2 rings (SSSR count). The molecule has 0 fully saturated rings. The Bertz CT molecular complexity index is 617. The molecule has 2 aromatic rings. The van der Waals surface area contributed by atoms with Crippen molar-refractivity contribution in [2.45, 2.75) is 19.4 Å². The van der Waals surface area contributed by atoms with Crippen molar-refractivity contribution in [2.75, 3.05) is 0 Å². The van der Waals surface area contributed by atoms with Crippen LogP contribution in [0.2, 0.25) is 0 Å². The number of halogens is 3. The smallest absolute Gasteiger partial charge is 0.165 e. The third-order valence-corrected chi connectivity index (χ3v) is 3.21. The average molecular weight is 342 g/mol. The first kappa shape index (κ1) is 14.9. The number of rotatable bonds is 4. The van der Waals surface area contributed by atoms with E-state index in [0.29, 0.717) is 16.5 Å². The van der Waals surface area contributed by atoms with Crippen molar-refractivity contribution in [3.8, 4) is 11.5 Å². The van der Waals surface area contributed by atoms with Gasteiger partial charge in [0.25, 0.3) is 0 Å². The lowest BCUT2D eigenvalue weighted by molar-refractivity contribution is 0.430. The van der Waals surface area contributed by atoms with Crippen molar-refractivity contribution in [3.63, 3.8) is 0 Å². The third kappa shape index (κ3) is 3.55. The lowest BCUT2D eigenvalue weighted by Gasteiger charge is -2.14. The van der Waals surface area contributed by atoms with Gasteiger partial charge in [-0.2, -0.15) is 0 Å². The molecule has 0 aliphatic heterocycles. The predicted molar refractivity (Wildman–Crippen MR) is 77.9 cm³/mol. The van der Waals surface area contributed by atoms with Crippen LogP contribution in [-0.2, 0) is 6.42 Å². The minimum absolute atomic E-state index is 0.0379. The molecule has 20 heavy (non-hydrogen) atoms. The van der Waals surface area contributed by atoms with Crippen LogP contribution < -0.4 is 10.5 Å². The van der Waals surface area contributed by atoms with Crippen LogP contribution in [0.1, 0.15) is 12.5 Å². The summed E-state index contributed by atoms with van der Waals surface area (Å²) in [5.74, 6) is -0.602. The molecule has 0 bridgehead atoms. The first-order valence-electron chi connectivity index (χ1n) is 6.13. The zero-order valence-corrected chi connectivity index (χ0v) is 12.5. The zero-order chi connectivity index (χ0) is 14.7. The summed E-state index contributed by atoms with van der Waals surface area (Å²) < 4.78 is 33.7. The maximum absolute atomic E-state index is 13.9. The van der Waals surface area contributed by atoms with E-state index in [2.05, 4.69) is 15.9 Å². The summed E-state index contributed by atoms with van der Waals surface area (Å²) in [6.07, 6.45) is 0.317. The summed E-state index contributed by atoms with van der Waals surface area (Å²) in [6.45, 7) is 1.77. The van der Waals surface area contributed by atoms with Gasteiger partial charge in [0.2, 0.25) is 0 Å². The van der Waals surface area contributed by atoms with Gasteiger partial charge in [-0.3, -0.25) is 0 Å². The number of hydrogen-bond acceptors (Lipinski definition) is 2. The highest BCUT2D eigenvalue weighted by molar-refractivity contribution is 9.10. The number of ether oxygens (including phenoxy) is 1. The van der Waals surface area contributed by atoms with Crippen molar-refractivity contribution in [3.05, 3.63) is 58.1 Å². The number of hydrogen-bond donors (Lipinski definition) is 1. The maximum atomic E-state index is 13.9. The van der Waals surface area contributed by atoms with E-state index < -0.39 is 11.6 Å². The van der Waals surface area contributed by atoms with Crippen molar-refractivity contribution in [2.24, 2.45) is 5.73 Å².